The van der Waals surface area contributed by atoms with E-state index in [4.69, 9.17) is 0 Å². The van der Waals surface area contributed by atoms with Crippen molar-refractivity contribution < 1.29 is 23.4 Å². The molecule has 0 saturated carbocycles. The first-order chi connectivity index (χ1) is 10.0. The fraction of sp³-hybridized carbons (Fsp3) is 0.188. The van der Waals surface area contributed by atoms with E-state index in [0.29, 0.717) is 11.1 Å². The second-order valence-corrected chi connectivity index (χ2v) is 4.40. The summed E-state index contributed by atoms with van der Waals surface area (Å²) in [5, 5.41) is 9.84. The fourth-order valence-corrected chi connectivity index (χ4v) is 1.92. The molecular formula is C16H14F2O3. The van der Waals surface area contributed by atoms with Crippen LogP contribution in [0.15, 0.2) is 42.5 Å². The molecule has 0 bridgehead atoms. The van der Waals surface area contributed by atoms with E-state index in [1.165, 1.54) is 36.4 Å². The molecule has 3 nitrogen and oxygen atoms in total. The molecule has 0 aliphatic heterocycles. The van der Waals surface area contributed by atoms with Crippen molar-refractivity contribution in [2.45, 2.75) is 13.0 Å². The molecule has 0 saturated heterocycles. The van der Waals surface area contributed by atoms with Gasteiger partial charge >= 0.3 is 5.97 Å². The summed E-state index contributed by atoms with van der Waals surface area (Å²) >= 11 is 0. The third-order valence-electron chi connectivity index (χ3n) is 2.98. The zero-order chi connectivity index (χ0) is 15.4. The third-order valence-corrected chi connectivity index (χ3v) is 2.98. The Labute approximate surface area is 120 Å². The number of carbonyl (C=O) groups is 1. The van der Waals surface area contributed by atoms with Crippen LogP contribution in [0.5, 0.6) is 0 Å². The van der Waals surface area contributed by atoms with Gasteiger partial charge in [-0.1, -0.05) is 18.2 Å². The number of rotatable bonds is 4. The van der Waals surface area contributed by atoms with E-state index >= 15 is 0 Å². The Kier molecular flexibility index (Phi) is 4.65. The van der Waals surface area contributed by atoms with Crippen molar-refractivity contribution in [2.75, 3.05) is 6.61 Å². The van der Waals surface area contributed by atoms with E-state index in [-0.39, 0.29) is 18.0 Å². The number of esters is 1. The first kappa shape index (κ1) is 15.1. The van der Waals surface area contributed by atoms with Crippen LogP contribution < -0.4 is 0 Å². The molecule has 0 radical (unpaired) electrons. The summed E-state index contributed by atoms with van der Waals surface area (Å²) < 4.78 is 31.3. The van der Waals surface area contributed by atoms with Crippen LogP contribution in [0, 0.1) is 11.6 Å². The highest BCUT2D eigenvalue weighted by atomic mass is 19.1. The van der Waals surface area contributed by atoms with Crippen molar-refractivity contribution in [3.63, 3.8) is 0 Å². The average molecular weight is 292 g/mol. The zero-order valence-electron chi connectivity index (χ0n) is 11.3. The largest absolute Gasteiger partial charge is 0.464 e. The predicted molar refractivity (Wildman–Crippen MR) is 73.4 cm³/mol. The number of aliphatic hydroxyl groups excluding tert-OH is 1. The minimum atomic E-state index is -1.69. The molecule has 5 heteroatoms. The first-order valence-electron chi connectivity index (χ1n) is 6.43. The smallest absolute Gasteiger partial charge is 0.339 e. The maximum atomic E-state index is 13.8. The minimum Gasteiger partial charge on any atom is -0.464 e. The summed E-state index contributed by atoms with van der Waals surface area (Å²) in [5.74, 6) is -2.00. The van der Waals surface area contributed by atoms with E-state index in [0.717, 1.165) is 6.07 Å². The first-order valence-corrected chi connectivity index (χ1v) is 6.43. The Bertz CT molecular complexity index is 638. The number of ether oxygens (including phenoxy) is 1. The summed E-state index contributed by atoms with van der Waals surface area (Å²) in [7, 11) is 0. The van der Waals surface area contributed by atoms with Crippen LogP contribution >= 0.6 is 0 Å². The lowest BCUT2D eigenvalue weighted by atomic mass is 10.00. The molecule has 110 valence electrons. The van der Waals surface area contributed by atoms with Crippen LogP contribution in [-0.4, -0.2) is 17.7 Å². The van der Waals surface area contributed by atoms with Gasteiger partial charge in [-0.05, 0) is 42.3 Å². The summed E-state index contributed by atoms with van der Waals surface area (Å²) in [6.07, 6.45) is -1.69. The molecule has 0 aliphatic rings. The molecule has 21 heavy (non-hydrogen) atoms. The molecule has 0 heterocycles. The lowest BCUT2D eigenvalue weighted by molar-refractivity contribution is -0.153. The molecule has 0 aliphatic carbocycles. The van der Waals surface area contributed by atoms with Crippen LogP contribution in [0.1, 0.15) is 18.6 Å². The average Bonchev–Trinajstić information content (AvgIpc) is 2.48. The molecule has 1 atom stereocenters. The Morgan fingerprint density at radius 3 is 2.38 bits per heavy atom. The SMILES string of the molecule is CCOC(=O)C(O)c1cc(-c2ccc(F)cc2)ccc1F. The van der Waals surface area contributed by atoms with Gasteiger partial charge in [-0.2, -0.15) is 0 Å². The molecule has 2 aromatic carbocycles. The fourth-order valence-electron chi connectivity index (χ4n) is 1.92. The van der Waals surface area contributed by atoms with Gasteiger partial charge in [0.2, 0.25) is 0 Å². The van der Waals surface area contributed by atoms with E-state index in [2.05, 4.69) is 4.74 Å². The van der Waals surface area contributed by atoms with Gasteiger partial charge in [0, 0.05) is 5.56 Å². The lowest BCUT2D eigenvalue weighted by Crippen LogP contribution is -2.16. The molecule has 0 amide bonds. The summed E-state index contributed by atoms with van der Waals surface area (Å²) in [5.41, 5.74) is 1.04. The van der Waals surface area contributed by atoms with Crippen molar-refractivity contribution >= 4 is 5.97 Å². The number of hydrogen-bond acceptors (Lipinski definition) is 3. The van der Waals surface area contributed by atoms with Crippen LogP contribution in [0.25, 0.3) is 11.1 Å². The predicted octanol–water partition coefficient (Wildman–Crippen LogP) is 3.23. The van der Waals surface area contributed by atoms with Crippen LogP contribution in [0.2, 0.25) is 0 Å². The molecule has 1 unspecified atom stereocenters. The van der Waals surface area contributed by atoms with Gasteiger partial charge in [0.05, 0.1) is 6.61 Å². The topological polar surface area (TPSA) is 46.5 Å². The second kappa shape index (κ2) is 6.45. The highest BCUT2D eigenvalue weighted by molar-refractivity contribution is 5.77. The molecular weight excluding hydrogens is 278 g/mol. The molecule has 2 aromatic rings. The Morgan fingerprint density at radius 2 is 1.76 bits per heavy atom. The highest BCUT2D eigenvalue weighted by Crippen LogP contribution is 2.26. The van der Waals surface area contributed by atoms with Crippen LogP contribution in [-0.2, 0) is 9.53 Å². The molecule has 0 spiro atoms. The maximum absolute atomic E-state index is 13.8. The quantitative estimate of drug-likeness (QED) is 0.880. The van der Waals surface area contributed by atoms with Crippen LogP contribution in [0.4, 0.5) is 8.78 Å². The molecule has 0 fully saturated rings. The van der Waals surface area contributed by atoms with Gasteiger partial charge in [-0.25, -0.2) is 13.6 Å². The van der Waals surface area contributed by atoms with E-state index in [1.807, 2.05) is 0 Å². The van der Waals surface area contributed by atoms with E-state index in [9.17, 15) is 18.7 Å². The van der Waals surface area contributed by atoms with Crippen molar-refractivity contribution in [3.8, 4) is 11.1 Å². The van der Waals surface area contributed by atoms with Gasteiger partial charge in [-0.15, -0.1) is 0 Å². The summed E-state index contributed by atoms with van der Waals surface area (Å²) in [4.78, 5) is 11.5. The minimum absolute atomic E-state index is 0.0924. The number of benzene rings is 2. The van der Waals surface area contributed by atoms with Crippen molar-refractivity contribution in [1.29, 1.82) is 0 Å². The van der Waals surface area contributed by atoms with Crippen molar-refractivity contribution in [1.82, 2.24) is 0 Å². The standard InChI is InChI=1S/C16H14F2O3/c1-2-21-16(20)15(19)13-9-11(5-8-14(13)18)10-3-6-12(17)7-4-10/h3-9,15,19H,2H2,1H3. The number of aliphatic hydroxyl groups is 1. The Hall–Kier alpha value is -2.27. The third kappa shape index (κ3) is 3.44. The van der Waals surface area contributed by atoms with Crippen LogP contribution in [0.3, 0.4) is 0 Å². The summed E-state index contributed by atoms with van der Waals surface area (Å²) in [6, 6.07) is 9.61. The number of hydrogen-bond donors (Lipinski definition) is 1. The maximum Gasteiger partial charge on any atom is 0.339 e. The van der Waals surface area contributed by atoms with Gasteiger partial charge in [-0.3, -0.25) is 0 Å². The molecule has 1 N–H and O–H groups in total. The Morgan fingerprint density at radius 1 is 1.14 bits per heavy atom. The van der Waals surface area contributed by atoms with Gasteiger partial charge < -0.3 is 9.84 Å². The van der Waals surface area contributed by atoms with E-state index in [1.54, 1.807) is 6.92 Å². The normalized spacial score (nSPS) is 12.0. The lowest BCUT2D eigenvalue weighted by Gasteiger charge is -2.12. The highest BCUT2D eigenvalue weighted by Gasteiger charge is 2.22. The second-order valence-electron chi connectivity index (χ2n) is 4.40. The van der Waals surface area contributed by atoms with Gasteiger partial charge in [0.1, 0.15) is 11.6 Å². The van der Waals surface area contributed by atoms with Crippen molar-refractivity contribution in [2.24, 2.45) is 0 Å². The summed E-state index contributed by atoms with van der Waals surface area (Å²) in [6.45, 7) is 1.69. The van der Waals surface area contributed by atoms with E-state index < -0.39 is 17.9 Å². The molecule has 0 aromatic heterocycles. The van der Waals surface area contributed by atoms with Crippen molar-refractivity contribution in [3.05, 3.63) is 59.7 Å². The number of halogens is 2. The number of carbonyl (C=O) groups excluding carboxylic acids is 1. The monoisotopic (exact) mass is 292 g/mol. The van der Waals surface area contributed by atoms with Gasteiger partial charge in [0.25, 0.3) is 0 Å². The Balaban J connectivity index is 2.37. The zero-order valence-corrected chi connectivity index (χ0v) is 11.3. The van der Waals surface area contributed by atoms with Gasteiger partial charge in [0.15, 0.2) is 6.10 Å². The molecule has 2 rings (SSSR count).